The Balaban J connectivity index is 1.79. The minimum absolute atomic E-state index is 0.0193. The third-order valence-corrected chi connectivity index (χ3v) is 6.51. The first-order valence-corrected chi connectivity index (χ1v) is 12.7. The van der Waals surface area contributed by atoms with Crippen molar-refractivity contribution in [3.05, 3.63) is 118 Å². The van der Waals surface area contributed by atoms with Crippen LogP contribution < -0.4 is 4.90 Å². The molecule has 5 aromatic rings. The Morgan fingerprint density at radius 2 is 1.61 bits per heavy atom. The number of hydrogen-bond acceptors (Lipinski definition) is 5. The summed E-state index contributed by atoms with van der Waals surface area (Å²) in [5, 5.41) is 4.78. The number of carbonyl (C=O) groups excluding carboxylic acids is 1. The Labute approximate surface area is 229 Å². The van der Waals surface area contributed by atoms with Gasteiger partial charge in [0.15, 0.2) is 5.65 Å². The van der Waals surface area contributed by atoms with Crippen molar-refractivity contribution in [1.82, 2.24) is 14.6 Å². The van der Waals surface area contributed by atoms with E-state index in [9.17, 15) is 4.79 Å². The predicted molar refractivity (Wildman–Crippen MR) is 147 cm³/mol. The van der Waals surface area contributed by atoms with Crippen molar-refractivity contribution < 1.29 is 13.9 Å². The molecule has 192 valence electrons. The fourth-order valence-electron chi connectivity index (χ4n) is 4.33. The minimum Gasteiger partial charge on any atom is -0.462 e. The average molecular weight is 549 g/mol. The smallest absolute Gasteiger partial charge is 0.343 e. The lowest BCUT2D eigenvalue weighted by atomic mass is 10.1. The number of fused-ring (bicyclic) bond motifs is 1. The third kappa shape index (κ3) is 5.21. The summed E-state index contributed by atoms with van der Waals surface area (Å²) in [7, 11) is 0. The van der Waals surface area contributed by atoms with Crippen LogP contribution in [0, 0.1) is 5.82 Å². The Kier molecular flexibility index (Phi) is 7.58. The third-order valence-electron chi connectivity index (χ3n) is 6.01. The van der Waals surface area contributed by atoms with E-state index in [4.69, 9.17) is 27.9 Å². The Hall–Kier alpha value is -3.94. The summed E-state index contributed by atoms with van der Waals surface area (Å²) < 4.78 is 22.1. The topological polar surface area (TPSA) is 59.7 Å². The van der Waals surface area contributed by atoms with Crippen molar-refractivity contribution in [1.29, 1.82) is 0 Å². The van der Waals surface area contributed by atoms with Crippen molar-refractivity contribution in [2.24, 2.45) is 0 Å². The summed E-state index contributed by atoms with van der Waals surface area (Å²) in [5.41, 5.74) is 2.96. The van der Waals surface area contributed by atoms with Crippen molar-refractivity contribution in [3.8, 4) is 11.1 Å². The van der Waals surface area contributed by atoms with Crippen LogP contribution in [0.25, 0.3) is 16.8 Å². The summed E-state index contributed by atoms with van der Waals surface area (Å²) in [6, 6.07) is 24.1. The number of benzene rings is 3. The largest absolute Gasteiger partial charge is 0.462 e. The van der Waals surface area contributed by atoms with Crippen LogP contribution in [0.3, 0.4) is 0 Å². The van der Waals surface area contributed by atoms with Crippen molar-refractivity contribution in [2.45, 2.75) is 20.0 Å². The molecule has 0 unspecified atom stereocenters. The number of esters is 1. The molecule has 2 heterocycles. The molecule has 0 aliphatic rings. The van der Waals surface area contributed by atoms with Gasteiger partial charge in [-0.05, 0) is 36.2 Å². The van der Waals surface area contributed by atoms with Crippen LogP contribution >= 0.6 is 23.2 Å². The molecule has 38 heavy (non-hydrogen) atoms. The number of aromatic nitrogens is 3. The van der Waals surface area contributed by atoms with Gasteiger partial charge in [-0.3, -0.25) is 0 Å². The average Bonchev–Trinajstić information content (AvgIpc) is 3.33. The van der Waals surface area contributed by atoms with Crippen LogP contribution in [0.4, 0.5) is 10.2 Å². The lowest BCUT2D eigenvalue weighted by Crippen LogP contribution is -2.26. The lowest BCUT2D eigenvalue weighted by molar-refractivity contribution is 0.0528. The number of rotatable bonds is 8. The molecule has 0 radical (unpaired) electrons. The van der Waals surface area contributed by atoms with Gasteiger partial charge in [-0.2, -0.15) is 9.61 Å². The molecular formula is C29H23Cl2FN4O2. The summed E-state index contributed by atoms with van der Waals surface area (Å²) in [4.78, 5) is 19.2. The molecule has 0 aliphatic heterocycles. The normalized spacial score (nSPS) is 11.1. The SMILES string of the molecule is CCOC(=O)c1cnn2c(N(Cc3ccccc3)Cc3ccccc3)c(-c3ccc(Cl)cc3F)c(Cl)nc12. The van der Waals surface area contributed by atoms with Crippen LogP contribution in [0.5, 0.6) is 0 Å². The summed E-state index contributed by atoms with van der Waals surface area (Å²) in [6.45, 7) is 2.81. The maximum atomic E-state index is 15.4. The second-order valence-corrected chi connectivity index (χ2v) is 9.36. The van der Waals surface area contributed by atoms with E-state index in [1.165, 1.54) is 16.8 Å². The molecule has 0 fully saturated rings. The monoisotopic (exact) mass is 548 g/mol. The summed E-state index contributed by atoms with van der Waals surface area (Å²) >= 11 is 12.8. The maximum absolute atomic E-state index is 15.4. The highest BCUT2D eigenvalue weighted by molar-refractivity contribution is 6.33. The molecular weight excluding hydrogens is 526 g/mol. The molecule has 0 bridgehead atoms. The van der Waals surface area contributed by atoms with Crippen molar-refractivity contribution in [2.75, 3.05) is 11.5 Å². The molecule has 2 aromatic heterocycles. The van der Waals surface area contributed by atoms with Crippen LogP contribution in [-0.2, 0) is 17.8 Å². The van der Waals surface area contributed by atoms with E-state index in [1.807, 2.05) is 65.6 Å². The van der Waals surface area contributed by atoms with E-state index in [2.05, 4.69) is 10.1 Å². The number of carbonyl (C=O) groups is 1. The fraction of sp³-hybridized carbons (Fsp3) is 0.138. The maximum Gasteiger partial charge on any atom is 0.343 e. The highest BCUT2D eigenvalue weighted by Gasteiger charge is 2.27. The zero-order valence-electron chi connectivity index (χ0n) is 20.4. The Morgan fingerprint density at radius 3 is 2.18 bits per heavy atom. The van der Waals surface area contributed by atoms with Gasteiger partial charge in [-0.1, -0.05) is 83.9 Å². The minimum atomic E-state index is -0.569. The summed E-state index contributed by atoms with van der Waals surface area (Å²) in [5.74, 6) is -0.650. The molecule has 0 atom stereocenters. The van der Waals surface area contributed by atoms with Gasteiger partial charge in [0, 0.05) is 23.7 Å². The molecule has 0 saturated heterocycles. The van der Waals surface area contributed by atoms with Crippen LogP contribution in [-0.4, -0.2) is 27.2 Å². The zero-order chi connectivity index (χ0) is 26.6. The van der Waals surface area contributed by atoms with Crippen LogP contribution in [0.2, 0.25) is 10.2 Å². The van der Waals surface area contributed by atoms with E-state index in [0.29, 0.717) is 24.5 Å². The van der Waals surface area contributed by atoms with Gasteiger partial charge >= 0.3 is 5.97 Å². The molecule has 0 N–H and O–H groups in total. The van der Waals surface area contributed by atoms with Gasteiger partial charge in [-0.15, -0.1) is 0 Å². The molecule has 0 amide bonds. The number of halogens is 3. The van der Waals surface area contributed by atoms with Gasteiger partial charge in [0.1, 0.15) is 22.4 Å². The number of nitrogens with zero attached hydrogens (tertiary/aromatic N) is 4. The molecule has 6 nitrogen and oxygen atoms in total. The molecule has 5 rings (SSSR count). The quantitative estimate of drug-likeness (QED) is 0.151. The zero-order valence-corrected chi connectivity index (χ0v) is 22.0. The van der Waals surface area contributed by atoms with Gasteiger partial charge in [0.05, 0.1) is 18.4 Å². The Morgan fingerprint density at radius 1 is 0.974 bits per heavy atom. The second kappa shape index (κ2) is 11.2. The molecule has 3 aromatic carbocycles. The highest BCUT2D eigenvalue weighted by Crippen LogP contribution is 2.40. The lowest BCUT2D eigenvalue weighted by Gasteiger charge is -2.28. The van der Waals surface area contributed by atoms with E-state index in [-0.39, 0.29) is 33.6 Å². The van der Waals surface area contributed by atoms with Gasteiger partial charge in [0.2, 0.25) is 0 Å². The van der Waals surface area contributed by atoms with Crippen molar-refractivity contribution in [3.63, 3.8) is 0 Å². The van der Waals surface area contributed by atoms with Crippen LogP contribution in [0.15, 0.2) is 85.1 Å². The fourth-order valence-corrected chi connectivity index (χ4v) is 4.76. The first-order chi connectivity index (χ1) is 18.5. The summed E-state index contributed by atoms with van der Waals surface area (Å²) in [6.07, 6.45) is 1.39. The number of anilines is 1. The highest BCUT2D eigenvalue weighted by atomic mass is 35.5. The van der Waals surface area contributed by atoms with Gasteiger partial charge < -0.3 is 9.64 Å². The first kappa shape index (κ1) is 25.7. The molecule has 0 spiro atoms. The van der Waals surface area contributed by atoms with Gasteiger partial charge in [-0.25, -0.2) is 14.2 Å². The standard InChI is InChI=1S/C29H23Cl2FN4O2/c1-2-38-29(37)23-16-33-36-27(23)34-26(31)25(22-14-13-21(30)15-24(22)32)28(36)35(17-19-9-5-3-6-10-19)18-20-11-7-4-8-12-20/h3-16H,2,17-18H2,1H3. The first-order valence-electron chi connectivity index (χ1n) is 12.0. The predicted octanol–water partition coefficient (Wildman–Crippen LogP) is 7.23. The van der Waals surface area contributed by atoms with E-state index in [0.717, 1.165) is 11.1 Å². The van der Waals surface area contributed by atoms with E-state index >= 15 is 4.39 Å². The van der Waals surface area contributed by atoms with Crippen LogP contribution in [0.1, 0.15) is 28.4 Å². The number of ether oxygens (including phenoxy) is 1. The van der Waals surface area contributed by atoms with E-state index in [1.54, 1.807) is 19.1 Å². The molecule has 0 saturated carbocycles. The molecule has 9 heteroatoms. The Bertz CT molecular complexity index is 1550. The van der Waals surface area contributed by atoms with Crippen molar-refractivity contribution >= 4 is 40.6 Å². The van der Waals surface area contributed by atoms with E-state index < -0.39 is 11.8 Å². The number of hydrogen-bond donors (Lipinski definition) is 0. The van der Waals surface area contributed by atoms with Gasteiger partial charge in [0.25, 0.3) is 0 Å². The molecule has 0 aliphatic carbocycles. The second-order valence-electron chi connectivity index (χ2n) is 8.57.